The Balaban J connectivity index is 1.72. The first-order valence-corrected chi connectivity index (χ1v) is 8.22. The molecule has 0 bridgehead atoms. The lowest BCUT2D eigenvalue weighted by atomic mass is 9.86. The average Bonchev–Trinajstić information content (AvgIpc) is 3.09. The molecule has 1 aliphatic carbocycles. The summed E-state index contributed by atoms with van der Waals surface area (Å²) in [4.78, 5) is 12.7. The van der Waals surface area contributed by atoms with Crippen molar-refractivity contribution in [1.29, 1.82) is 0 Å². The van der Waals surface area contributed by atoms with Crippen molar-refractivity contribution in [3.05, 3.63) is 12.2 Å². The molecule has 0 radical (unpaired) electrons. The minimum Gasteiger partial charge on any atom is -0.394 e. The summed E-state index contributed by atoms with van der Waals surface area (Å²) in [6, 6.07) is 0. The number of nitrogen functional groups attached to an aromatic ring is 1. The zero-order valence-corrected chi connectivity index (χ0v) is 13.4. The number of nitrogens with two attached hydrogens (primary N) is 1. The van der Waals surface area contributed by atoms with E-state index in [1.807, 2.05) is 0 Å². The van der Waals surface area contributed by atoms with Crippen LogP contribution in [0.4, 0.5) is 5.82 Å². The topological polar surface area (TPSA) is 140 Å². The SMILES string of the molecule is Nc1nc(C#CC2CCC2)nc2c1ncn2[C@@H]1O[C@H](CO)C(O)C1O. The Kier molecular flexibility index (Phi) is 4.05. The van der Waals surface area contributed by atoms with Gasteiger partial charge in [0.2, 0.25) is 5.82 Å². The summed E-state index contributed by atoms with van der Waals surface area (Å²) in [5.74, 6) is 6.92. The van der Waals surface area contributed by atoms with E-state index >= 15 is 0 Å². The molecule has 25 heavy (non-hydrogen) atoms. The Hall–Kier alpha value is -2.25. The van der Waals surface area contributed by atoms with Crippen LogP contribution in [0.5, 0.6) is 0 Å². The zero-order valence-electron chi connectivity index (χ0n) is 13.4. The highest BCUT2D eigenvalue weighted by Gasteiger charge is 2.44. The maximum atomic E-state index is 10.2. The molecular formula is C16H19N5O4. The van der Waals surface area contributed by atoms with Crippen molar-refractivity contribution in [3.8, 4) is 11.8 Å². The van der Waals surface area contributed by atoms with Crippen LogP contribution in [0.15, 0.2) is 6.33 Å². The van der Waals surface area contributed by atoms with Crippen LogP contribution >= 0.6 is 0 Å². The molecule has 9 heteroatoms. The van der Waals surface area contributed by atoms with Gasteiger partial charge in [0.05, 0.1) is 12.9 Å². The Labute approximate surface area is 143 Å². The van der Waals surface area contributed by atoms with Gasteiger partial charge >= 0.3 is 0 Å². The molecule has 2 aromatic heterocycles. The maximum absolute atomic E-state index is 10.2. The predicted octanol–water partition coefficient (Wildman–Crippen LogP) is -0.828. The first kappa shape index (κ1) is 16.2. The van der Waals surface area contributed by atoms with E-state index in [1.54, 1.807) is 0 Å². The third-order valence-corrected chi connectivity index (χ3v) is 4.73. The van der Waals surface area contributed by atoms with Crippen molar-refractivity contribution >= 4 is 17.0 Å². The van der Waals surface area contributed by atoms with E-state index in [1.165, 1.54) is 17.3 Å². The molecule has 3 heterocycles. The van der Waals surface area contributed by atoms with E-state index in [2.05, 4.69) is 26.8 Å². The summed E-state index contributed by atoms with van der Waals surface area (Å²) < 4.78 is 7.01. The molecule has 0 spiro atoms. The summed E-state index contributed by atoms with van der Waals surface area (Å²) in [5, 5.41) is 29.4. The van der Waals surface area contributed by atoms with Gasteiger partial charge in [0, 0.05) is 5.92 Å². The number of anilines is 1. The van der Waals surface area contributed by atoms with E-state index < -0.39 is 31.1 Å². The Morgan fingerprint density at radius 1 is 1.28 bits per heavy atom. The minimum atomic E-state index is -1.23. The summed E-state index contributed by atoms with van der Waals surface area (Å²) in [6.07, 6.45) is 0.544. The lowest BCUT2D eigenvalue weighted by Gasteiger charge is -2.18. The molecule has 1 aliphatic heterocycles. The van der Waals surface area contributed by atoms with Gasteiger partial charge in [0.25, 0.3) is 0 Å². The molecule has 0 amide bonds. The fraction of sp³-hybridized carbons (Fsp3) is 0.562. The standard InChI is InChI=1S/C16H19N5O4/c17-14-11-15(20-10(19-14)5-4-8-2-1-3-8)21(7-18-11)16-13(24)12(23)9(6-22)25-16/h7-9,12-13,16,22-24H,1-3,6H2,(H2,17,19,20)/t9-,12?,13?,16-/m1/s1. The van der Waals surface area contributed by atoms with Gasteiger partial charge in [-0.3, -0.25) is 4.57 Å². The summed E-state index contributed by atoms with van der Waals surface area (Å²) >= 11 is 0. The van der Waals surface area contributed by atoms with Crippen molar-refractivity contribution in [2.45, 2.75) is 43.8 Å². The van der Waals surface area contributed by atoms with Crippen molar-refractivity contribution in [2.75, 3.05) is 12.3 Å². The van der Waals surface area contributed by atoms with Crippen molar-refractivity contribution in [2.24, 2.45) is 5.92 Å². The predicted molar refractivity (Wildman–Crippen MR) is 87.0 cm³/mol. The van der Waals surface area contributed by atoms with E-state index in [9.17, 15) is 15.3 Å². The lowest BCUT2D eigenvalue weighted by Crippen LogP contribution is -2.33. The number of aromatic nitrogens is 4. The van der Waals surface area contributed by atoms with Gasteiger partial charge in [-0.25, -0.2) is 15.0 Å². The van der Waals surface area contributed by atoms with Gasteiger partial charge in [-0.15, -0.1) is 0 Å². The first-order valence-electron chi connectivity index (χ1n) is 8.22. The molecule has 2 aromatic rings. The van der Waals surface area contributed by atoms with Gasteiger partial charge < -0.3 is 25.8 Å². The van der Waals surface area contributed by atoms with Crippen molar-refractivity contribution in [3.63, 3.8) is 0 Å². The Morgan fingerprint density at radius 2 is 2.08 bits per heavy atom. The van der Waals surface area contributed by atoms with Crippen LogP contribution in [-0.2, 0) is 4.74 Å². The summed E-state index contributed by atoms with van der Waals surface area (Å²) in [6.45, 7) is -0.406. The van der Waals surface area contributed by atoms with Gasteiger partial charge in [-0.1, -0.05) is 12.3 Å². The van der Waals surface area contributed by atoms with Crippen LogP contribution in [0.25, 0.3) is 11.2 Å². The second-order valence-electron chi connectivity index (χ2n) is 6.38. The third kappa shape index (κ3) is 2.73. The fourth-order valence-corrected chi connectivity index (χ4v) is 3.01. The molecule has 2 aliphatic rings. The molecule has 1 saturated carbocycles. The zero-order chi connectivity index (χ0) is 17.6. The van der Waals surface area contributed by atoms with E-state index in [-0.39, 0.29) is 11.6 Å². The third-order valence-electron chi connectivity index (χ3n) is 4.73. The van der Waals surface area contributed by atoms with Crippen LogP contribution in [0, 0.1) is 17.8 Å². The molecule has 5 N–H and O–H groups in total. The minimum absolute atomic E-state index is 0.188. The molecule has 132 valence electrons. The van der Waals surface area contributed by atoms with Gasteiger partial charge in [0.15, 0.2) is 17.7 Å². The second-order valence-corrected chi connectivity index (χ2v) is 6.38. The summed E-state index contributed by atoms with van der Waals surface area (Å²) in [5.41, 5.74) is 6.68. The molecule has 1 saturated heterocycles. The second kappa shape index (κ2) is 6.24. The molecule has 4 atom stereocenters. The lowest BCUT2D eigenvalue weighted by molar-refractivity contribution is -0.0511. The monoisotopic (exact) mass is 345 g/mol. The quantitative estimate of drug-likeness (QED) is 0.517. The molecule has 2 fully saturated rings. The van der Waals surface area contributed by atoms with E-state index in [0.717, 1.165) is 12.8 Å². The Bertz CT molecular complexity index is 853. The number of nitrogens with zero attached hydrogens (tertiary/aromatic N) is 4. The van der Waals surface area contributed by atoms with Crippen LogP contribution in [0.2, 0.25) is 0 Å². The van der Waals surface area contributed by atoms with Gasteiger partial charge in [-0.2, -0.15) is 0 Å². The first-order chi connectivity index (χ1) is 12.1. The van der Waals surface area contributed by atoms with Crippen molar-refractivity contribution in [1.82, 2.24) is 19.5 Å². The molecular weight excluding hydrogens is 326 g/mol. The number of aliphatic hydroxyl groups excluding tert-OH is 3. The number of rotatable bonds is 2. The highest BCUT2D eigenvalue weighted by atomic mass is 16.6. The number of aliphatic hydroxyl groups is 3. The Morgan fingerprint density at radius 3 is 2.72 bits per heavy atom. The number of hydrogen-bond donors (Lipinski definition) is 4. The molecule has 9 nitrogen and oxygen atoms in total. The highest BCUT2D eigenvalue weighted by molar-refractivity contribution is 5.82. The normalized spacial score (nSPS) is 29.4. The number of hydrogen-bond acceptors (Lipinski definition) is 8. The molecule has 4 rings (SSSR count). The van der Waals surface area contributed by atoms with Crippen LogP contribution in [0.3, 0.4) is 0 Å². The average molecular weight is 345 g/mol. The van der Waals surface area contributed by atoms with E-state index in [0.29, 0.717) is 17.1 Å². The number of fused-ring (bicyclic) bond motifs is 1. The maximum Gasteiger partial charge on any atom is 0.208 e. The van der Waals surface area contributed by atoms with Gasteiger partial charge in [0.1, 0.15) is 23.8 Å². The smallest absolute Gasteiger partial charge is 0.208 e. The largest absolute Gasteiger partial charge is 0.394 e. The fourth-order valence-electron chi connectivity index (χ4n) is 3.01. The summed E-state index contributed by atoms with van der Waals surface area (Å²) in [7, 11) is 0. The molecule has 0 aromatic carbocycles. The van der Waals surface area contributed by atoms with E-state index in [4.69, 9.17) is 10.5 Å². The highest BCUT2D eigenvalue weighted by Crippen LogP contribution is 2.32. The van der Waals surface area contributed by atoms with Crippen LogP contribution in [0.1, 0.15) is 31.3 Å². The van der Waals surface area contributed by atoms with Crippen LogP contribution < -0.4 is 5.73 Å². The van der Waals surface area contributed by atoms with Crippen molar-refractivity contribution < 1.29 is 20.1 Å². The molecule has 2 unspecified atom stereocenters. The van der Waals surface area contributed by atoms with Crippen LogP contribution in [-0.4, -0.2) is 59.8 Å². The number of ether oxygens (including phenoxy) is 1. The van der Waals surface area contributed by atoms with Gasteiger partial charge in [-0.05, 0) is 18.8 Å². The number of imidazole rings is 1.